The van der Waals surface area contributed by atoms with Gasteiger partial charge in [0.25, 0.3) is 0 Å². The van der Waals surface area contributed by atoms with Gasteiger partial charge in [0, 0.05) is 19.6 Å². The third kappa shape index (κ3) is 5.09. The second-order valence-corrected chi connectivity index (χ2v) is 6.17. The maximum absolute atomic E-state index is 12.1. The average molecular weight is 325 g/mol. The van der Waals surface area contributed by atoms with E-state index in [0.29, 0.717) is 30.0 Å². The van der Waals surface area contributed by atoms with Crippen molar-refractivity contribution in [3.63, 3.8) is 0 Å². The number of nitrogens with one attached hydrogen (secondary N) is 1. The Bertz CT molecular complexity index is 475. The van der Waals surface area contributed by atoms with Crippen molar-refractivity contribution in [2.24, 2.45) is 0 Å². The van der Waals surface area contributed by atoms with Crippen LogP contribution in [0.4, 0.5) is 4.79 Å². The van der Waals surface area contributed by atoms with Gasteiger partial charge in [-0.05, 0) is 31.4 Å². The molecule has 22 heavy (non-hydrogen) atoms. The Labute approximate surface area is 137 Å². The van der Waals surface area contributed by atoms with Crippen LogP contribution in [-0.4, -0.2) is 37.2 Å². The molecule has 1 N–H and O–H groups in total. The van der Waals surface area contributed by atoms with Crippen molar-refractivity contribution in [1.29, 1.82) is 0 Å². The molecule has 0 radical (unpaired) electrons. The first-order valence-electron chi connectivity index (χ1n) is 8.06. The quantitative estimate of drug-likeness (QED) is 0.801. The molecule has 122 valence electrons. The molecule has 0 saturated heterocycles. The van der Waals surface area contributed by atoms with E-state index in [9.17, 15) is 4.79 Å². The topological polar surface area (TPSA) is 41.6 Å². The Balaban J connectivity index is 1.61. The Kier molecular flexibility index (Phi) is 6.84. The zero-order valence-electron chi connectivity index (χ0n) is 13.2. The Morgan fingerprint density at radius 2 is 2.05 bits per heavy atom. The fourth-order valence-electron chi connectivity index (χ4n) is 2.77. The highest BCUT2D eigenvalue weighted by atomic mass is 35.5. The summed E-state index contributed by atoms with van der Waals surface area (Å²) < 4.78 is 5.60. The van der Waals surface area contributed by atoms with Crippen LogP contribution in [0, 0.1) is 0 Å². The zero-order valence-corrected chi connectivity index (χ0v) is 13.9. The first-order chi connectivity index (χ1) is 10.7. The lowest BCUT2D eigenvalue weighted by Crippen LogP contribution is -2.44. The number of carbonyl (C=O) groups is 1. The highest BCUT2D eigenvalue weighted by Gasteiger charge is 2.21. The highest BCUT2D eigenvalue weighted by molar-refractivity contribution is 6.32. The molecular formula is C17H25ClN2O2. The van der Waals surface area contributed by atoms with Gasteiger partial charge in [0.1, 0.15) is 5.75 Å². The maximum Gasteiger partial charge on any atom is 0.317 e. The summed E-state index contributed by atoms with van der Waals surface area (Å²) in [6.07, 6.45) is 6.77. The van der Waals surface area contributed by atoms with Crippen LogP contribution in [0.15, 0.2) is 24.3 Å². The van der Waals surface area contributed by atoms with E-state index in [0.717, 1.165) is 19.3 Å². The number of amides is 2. The molecule has 0 spiro atoms. The van der Waals surface area contributed by atoms with Crippen LogP contribution >= 0.6 is 11.6 Å². The Hall–Kier alpha value is -1.42. The normalized spacial score (nSPS) is 15.4. The van der Waals surface area contributed by atoms with Gasteiger partial charge in [-0.1, -0.05) is 43.0 Å². The second kappa shape index (κ2) is 8.89. The van der Waals surface area contributed by atoms with Crippen molar-refractivity contribution >= 4 is 17.6 Å². The predicted octanol–water partition coefficient (Wildman–Crippen LogP) is 4.08. The summed E-state index contributed by atoms with van der Waals surface area (Å²) >= 11 is 6.01. The first kappa shape index (κ1) is 16.9. The Morgan fingerprint density at radius 1 is 1.32 bits per heavy atom. The van der Waals surface area contributed by atoms with Crippen molar-refractivity contribution in [3.8, 4) is 5.75 Å². The molecule has 0 bridgehead atoms. The van der Waals surface area contributed by atoms with Crippen molar-refractivity contribution in [2.45, 2.75) is 44.6 Å². The van der Waals surface area contributed by atoms with E-state index in [1.54, 1.807) is 6.07 Å². The van der Waals surface area contributed by atoms with Crippen molar-refractivity contribution in [1.82, 2.24) is 10.2 Å². The van der Waals surface area contributed by atoms with Gasteiger partial charge in [-0.25, -0.2) is 4.79 Å². The number of hydrogen-bond donors (Lipinski definition) is 1. The summed E-state index contributed by atoms with van der Waals surface area (Å²) in [7, 11) is 1.89. The number of nitrogens with zero attached hydrogens (tertiary/aromatic N) is 1. The first-order valence-corrected chi connectivity index (χ1v) is 8.44. The van der Waals surface area contributed by atoms with E-state index < -0.39 is 0 Å². The molecule has 5 heteroatoms. The van der Waals surface area contributed by atoms with Gasteiger partial charge in [-0.15, -0.1) is 0 Å². The third-order valence-electron chi connectivity index (χ3n) is 4.13. The summed E-state index contributed by atoms with van der Waals surface area (Å²) in [6.45, 7) is 1.15. The summed E-state index contributed by atoms with van der Waals surface area (Å²) in [5, 5.41) is 3.57. The average Bonchev–Trinajstić information content (AvgIpc) is 2.56. The van der Waals surface area contributed by atoms with E-state index in [-0.39, 0.29) is 6.03 Å². The lowest BCUT2D eigenvalue weighted by molar-refractivity contribution is 0.173. The van der Waals surface area contributed by atoms with Gasteiger partial charge < -0.3 is 15.0 Å². The predicted molar refractivity (Wildman–Crippen MR) is 89.6 cm³/mol. The third-order valence-corrected chi connectivity index (χ3v) is 4.45. The smallest absolute Gasteiger partial charge is 0.317 e. The largest absolute Gasteiger partial charge is 0.492 e. The number of rotatable bonds is 6. The molecule has 1 aromatic carbocycles. The molecule has 1 aromatic rings. The van der Waals surface area contributed by atoms with Crippen LogP contribution in [0.2, 0.25) is 5.02 Å². The van der Waals surface area contributed by atoms with Crippen LogP contribution in [-0.2, 0) is 0 Å². The lowest BCUT2D eigenvalue weighted by atomic mass is 9.95. The molecule has 1 aliphatic carbocycles. The standard InChI is InChI=1S/C17H25ClN2O2/c1-20(14-8-3-2-4-9-14)17(21)19-12-7-13-22-16-11-6-5-10-15(16)18/h5-6,10-11,14H,2-4,7-9,12-13H2,1H3,(H,19,21). The van der Waals surface area contributed by atoms with Gasteiger partial charge >= 0.3 is 6.03 Å². The van der Waals surface area contributed by atoms with Crippen molar-refractivity contribution < 1.29 is 9.53 Å². The molecule has 2 amide bonds. The summed E-state index contributed by atoms with van der Waals surface area (Å²) in [4.78, 5) is 13.9. The number of halogens is 1. The number of carbonyl (C=O) groups excluding carboxylic acids is 1. The molecular weight excluding hydrogens is 300 g/mol. The van der Waals surface area contributed by atoms with Gasteiger partial charge in [0.2, 0.25) is 0 Å². The minimum atomic E-state index is 0.0182. The molecule has 1 saturated carbocycles. The maximum atomic E-state index is 12.1. The van der Waals surface area contributed by atoms with Gasteiger partial charge in [-0.3, -0.25) is 0 Å². The fraction of sp³-hybridized carbons (Fsp3) is 0.588. The number of para-hydroxylation sites is 1. The number of benzene rings is 1. The Morgan fingerprint density at radius 3 is 2.77 bits per heavy atom. The molecule has 0 aliphatic heterocycles. The lowest BCUT2D eigenvalue weighted by Gasteiger charge is -2.31. The summed E-state index contributed by atoms with van der Waals surface area (Å²) in [5.74, 6) is 0.690. The monoisotopic (exact) mass is 324 g/mol. The van der Waals surface area contributed by atoms with Crippen molar-refractivity contribution in [3.05, 3.63) is 29.3 Å². The molecule has 0 atom stereocenters. The van der Waals surface area contributed by atoms with E-state index in [4.69, 9.17) is 16.3 Å². The molecule has 2 rings (SSSR count). The number of urea groups is 1. The zero-order chi connectivity index (χ0) is 15.8. The van der Waals surface area contributed by atoms with E-state index in [2.05, 4.69) is 5.32 Å². The summed E-state index contributed by atoms with van der Waals surface area (Å²) in [6, 6.07) is 7.83. The van der Waals surface area contributed by atoms with Gasteiger partial charge in [0.15, 0.2) is 0 Å². The van der Waals surface area contributed by atoms with Crippen LogP contribution in [0.25, 0.3) is 0 Å². The minimum absolute atomic E-state index is 0.0182. The number of hydrogen-bond acceptors (Lipinski definition) is 2. The van der Waals surface area contributed by atoms with Gasteiger partial charge in [0.05, 0.1) is 11.6 Å². The van der Waals surface area contributed by atoms with E-state index in [1.807, 2.05) is 30.1 Å². The second-order valence-electron chi connectivity index (χ2n) is 5.77. The van der Waals surface area contributed by atoms with Crippen LogP contribution in [0.3, 0.4) is 0 Å². The molecule has 0 heterocycles. The van der Waals surface area contributed by atoms with Crippen LogP contribution < -0.4 is 10.1 Å². The van der Waals surface area contributed by atoms with Crippen LogP contribution in [0.1, 0.15) is 38.5 Å². The molecule has 1 fully saturated rings. The molecule has 1 aliphatic rings. The van der Waals surface area contributed by atoms with Gasteiger partial charge in [-0.2, -0.15) is 0 Å². The van der Waals surface area contributed by atoms with E-state index >= 15 is 0 Å². The summed E-state index contributed by atoms with van der Waals surface area (Å²) in [5.41, 5.74) is 0. The van der Waals surface area contributed by atoms with Crippen molar-refractivity contribution in [2.75, 3.05) is 20.2 Å². The molecule has 4 nitrogen and oxygen atoms in total. The number of ether oxygens (including phenoxy) is 1. The highest BCUT2D eigenvalue weighted by Crippen LogP contribution is 2.23. The van der Waals surface area contributed by atoms with E-state index in [1.165, 1.54) is 19.3 Å². The molecule has 0 aromatic heterocycles. The fourth-order valence-corrected chi connectivity index (χ4v) is 2.96. The minimum Gasteiger partial charge on any atom is -0.492 e. The SMILES string of the molecule is CN(C(=O)NCCCOc1ccccc1Cl)C1CCCCC1. The van der Waals surface area contributed by atoms with Crippen LogP contribution in [0.5, 0.6) is 5.75 Å². The molecule has 0 unspecified atom stereocenters.